The van der Waals surface area contributed by atoms with Gasteiger partial charge in [0.15, 0.2) is 0 Å². The first-order chi connectivity index (χ1) is 15.1. The third-order valence-corrected chi connectivity index (χ3v) is 5.82. The highest BCUT2D eigenvalue weighted by molar-refractivity contribution is 4.76. The zero-order valence-corrected chi connectivity index (χ0v) is 21.8. The van der Waals surface area contributed by atoms with Gasteiger partial charge in [-0.3, -0.25) is 0 Å². The van der Waals surface area contributed by atoms with E-state index in [2.05, 4.69) is 13.8 Å². The zero-order chi connectivity index (χ0) is 23.2. The Morgan fingerprint density at radius 2 is 1.13 bits per heavy atom. The van der Waals surface area contributed by atoms with Crippen molar-refractivity contribution in [2.75, 3.05) is 19.8 Å². The van der Waals surface area contributed by atoms with Crippen LogP contribution in [0, 0.1) is 5.92 Å². The van der Waals surface area contributed by atoms with E-state index in [-0.39, 0.29) is 12.0 Å². The van der Waals surface area contributed by atoms with Crippen LogP contribution >= 0.6 is 0 Å². The van der Waals surface area contributed by atoms with Crippen LogP contribution < -0.4 is 0 Å². The van der Waals surface area contributed by atoms with Gasteiger partial charge < -0.3 is 18.9 Å². The van der Waals surface area contributed by atoms with Gasteiger partial charge in [-0.15, -0.1) is 0 Å². The first-order valence-electron chi connectivity index (χ1n) is 13.3. The second-order valence-corrected chi connectivity index (χ2v) is 8.46. The number of unbranched alkanes of at least 4 members (excludes halogenated alkanes) is 7. The monoisotopic (exact) mass is 442 g/mol. The van der Waals surface area contributed by atoms with Crippen molar-refractivity contribution in [3.63, 3.8) is 0 Å². The third kappa shape index (κ3) is 14.2. The molecular formula is C27H54O4. The minimum Gasteiger partial charge on any atom is -0.498 e. The summed E-state index contributed by atoms with van der Waals surface area (Å²) in [5.41, 5.74) is 0. The fourth-order valence-corrected chi connectivity index (χ4v) is 4.23. The van der Waals surface area contributed by atoms with E-state index in [1.807, 2.05) is 40.0 Å². The predicted molar refractivity (Wildman–Crippen MR) is 132 cm³/mol. The Morgan fingerprint density at radius 1 is 0.613 bits per heavy atom. The summed E-state index contributed by atoms with van der Waals surface area (Å²) in [5, 5.41) is 0. The lowest BCUT2D eigenvalue weighted by Crippen LogP contribution is -2.47. The van der Waals surface area contributed by atoms with Crippen LogP contribution in [0.1, 0.15) is 125 Å². The third-order valence-electron chi connectivity index (χ3n) is 5.82. The summed E-state index contributed by atoms with van der Waals surface area (Å²) >= 11 is 0. The molecule has 0 radical (unpaired) electrons. The first-order valence-corrected chi connectivity index (χ1v) is 13.3. The van der Waals surface area contributed by atoms with E-state index < -0.39 is 5.97 Å². The molecule has 0 heterocycles. The van der Waals surface area contributed by atoms with E-state index in [1.165, 1.54) is 57.8 Å². The summed E-state index contributed by atoms with van der Waals surface area (Å²) < 4.78 is 24.6. The van der Waals surface area contributed by atoms with E-state index in [4.69, 9.17) is 18.9 Å². The highest BCUT2D eigenvalue weighted by Crippen LogP contribution is 2.35. The second kappa shape index (κ2) is 21.3. The zero-order valence-electron chi connectivity index (χ0n) is 21.8. The van der Waals surface area contributed by atoms with Crippen LogP contribution in [0.5, 0.6) is 0 Å². The molecule has 186 valence electrons. The van der Waals surface area contributed by atoms with Gasteiger partial charge in [-0.25, -0.2) is 0 Å². The van der Waals surface area contributed by atoms with Crippen LogP contribution in [-0.2, 0) is 18.9 Å². The first kappa shape index (κ1) is 30.4. The molecule has 4 heteroatoms. The van der Waals surface area contributed by atoms with E-state index in [0.29, 0.717) is 19.8 Å². The van der Waals surface area contributed by atoms with Crippen molar-refractivity contribution in [1.82, 2.24) is 0 Å². The average Bonchev–Trinajstić information content (AvgIpc) is 2.76. The van der Waals surface area contributed by atoms with Crippen molar-refractivity contribution in [1.29, 1.82) is 0 Å². The Labute approximate surface area is 194 Å². The van der Waals surface area contributed by atoms with Crippen LogP contribution in [0.4, 0.5) is 0 Å². The highest BCUT2D eigenvalue weighted by Gasteiger charge is 2.41. The van der Waals surface area contributed by atoms with E-state index in [0.717, 1.165) is 25.7 Å². The van der Waals surface area contributed by atoms with Gasteiger partial charge in [-0.1, -0.05) is 71.3 Å². The van der Waals surface area contributed by atoms with Crippen LogP contribution in [0.15, 0.2) is 12.3 Å². The molecule has 2 unspecified atom stereocenters. The molecule has 0 rings (SSSR count). The number of hydrogen-bond donors (Lipinski definition) is 0. The number of hydrogen-bond acceptors (Lipinski definition) is 4. The molecular weight excluding hydrogens is 388 g/mol. The molecule has 0 amide bonds. The topological polar surface area (TPSA) is 36.9 Å². The smallest absolute Gasteiger partial charge is 0.285 e. The molecule has 0 aromatic carbocycles. The van der Waals surface area contributed by atoms with Gasteiger partial charge >= 0.3 is 0 Å². The molecule has 0 fully saturated rings. The highest BCUT2D eigenvalue weighted by atomic mass is 16.9. The van der Waals surface area contributed by atoms with Crippen molar-refractivity contribution in [3.8, 4) is 0 Å². The molecule has 0 bridgehead atoms. The standard InChI is InChI=1S/C27H54O4/c1-7-13-15-16-17-19-20-25(27(29-10-4,30-11-5)31-12-6)22-23-26(28-24-9-3)21-18-14-8-2/h9,24-26H,7-8,10-23H2,1-6H3. The molecule has 4 nitrogen and oxygen atoms in total. The number of rotatable bonds is 23. The Morgan fingerprint density at radius 3 is 1.68 bits per heavy atom. The minimum absolute atomic E-state index is 0.210. The quantitative estimate of drug-likeness (QED) is 0.0904. The van der Waals surface area contributed by atoms with Gasteiger partial charge in [0.2, 0.25) is 0 Å². The van der Waals surface area contributed by atoms with E-state index in [9.17, 15) is 0 Å². The maximum atomic E-state index is 6.18. The minimum atomic E-state index is -0.934. The fraction of sp³-hybridized carbons (Fsp3) is 0.926. The average molecular weight is 443 g/mol. The summed E-state index contributed by atoms with van der Waals surface area (Å²) in [4.78, 5) is 0. The Kier molecular flexibility index (Phi) is 20.9. The largest absolute Gasteiger partial charge is 0.498 e. The van der Waals surface area contributed by atoms with Gasteiger partial charge in [0.25, 0.3) is 5.97 Å². The van der Waals surface area contributed by atoms with Crippen molar-refractivity contribution >= 4 is 0 Å². The molecule has 0 aromatic rings. The normalized spacial score (nSPS) is 14.3. The van der Waals surface area contributed by atoms with Gasteiger partial charge in [-0.05, 0) is 59.8 Å². The molecule has 0 aromatic heterocycles. The summed E-state index contributed by atoms with van der Waals surface area (Å²) in [6, 6.07) is 0. The predicted octanol–water partition coefficient (Wildman–Crippen LogP) is 8.40. The maximum Gasteiger partial charge on any atom is 0.285 e. The number of allylic oxidation sites excluding steroid dienone is 1. The van der Waals surface area contributed by atoms with Crippen molar-refractivity contribution < 1.29 is 18.9 Å². The van der Waals surface area contributed by atoms with Crippen molar-refractivity contribution in [3.05, 3.63) is 12.3 Å². The summed E-state index contributed by atoms with van der Waals surface area (Å²) in [6.07, 6.45) is 19.7. The molecule has 0 saturated heterocycles. The summed E-state index contributed by atoms with van der Waals surface area (Å²) in [6.45, 7) is 14.4. The Bertz CT molecular complexity index is 380. The number of ether oxygens (including phenoxy) is 4. The van der Waals surface area contributed by atoms with E-state index in [1.54, 1.807) is 0 Å². The van der Waals surface area contributed by atoms with Crippen molar-refractivity contribution in [2.24, 2.45) is 5.92 Å². The molecule has 0 aliphatic carbocycles. The van der Waals surface area contributed by atoms with Crippen LogP contribution in [-0.4, -0.2) is 31.9 Å². The molecule has 0 N–H and O–H groups in total. The lowest BCUT2D eigenvalue weighted by atomic mass is 9.90. The van der Waals surface area contributed by atoms with Crippen molar-refractivity contribution in [2.45, 2.75) is 137 Å². The van der Waals surface area contributed by atoms with Gasteiger partial charge in [0.1, 0.15) is 0 Å². The Balaban J connectivity index is 5.20. The van der Waals surface area contributed by atoms with Crippen LogP contribution in [0.2, 0.25) is 0 Å². The van der Waals surface area contributed by atoms with Gasteiger partial charge in [0.05, 0.1) is 12.4 Å². The fourth-order valence-electron chi connectivity index (χ4n) is 4.23. The van der Waals surface area contributed by atoms with Gasteiger partial charge in [-0.2, -0.15) is 0 Å². The lowest BCUT2D eigenvalue weighted by molar-refractivity contribution is -0.403. The molecule has 0 spiro atoms. The molecule has 0 aliphatic heterocycles. The van der Waals surface area contributed by atoms with Crippen LogP contribution in [0.25, 0.3) is 0 Å². The van der Waals surface area contributed by atoms with Crippen LogP contribution in [0.3, 0.4) is 0 Å². The summed E-state index contributed by atoms with van der Waals surface area (Å²) in [7, 11) is 0. The Hall–Kier alpha value is -0.580. The molecule has 0 aliphatic rings. The SMILES string of the molecule is CC=COC(CCCCC)CCC(CCCCCCCC)C(OCC)(OCC)OCC. The van der Waals surface area contributed by atoms with E-state index >= 15 is 0 Å². The lowest BCUT2D eigenvalue weighted by Gasteiger charge is -2.39. The second-order valence-electron chi connectivity index (χ2n) is 8.46. The molecule has 31 heavy (non-hydrogen) atoms. The van der Waals surface area contributed by atoms with Gasteiger partial charge in [0, 0.05) is 25.7 Å². The molecule has 0 saturated carbocycles. The summed E-state index contributed by atoms with van der Waals surface area (Å²) in [5.74, 6) is -0.725. The molecule has 2 atom stereocenters. The maximum absolute atomic E-state index is 6.18.